The van der Waals surface area contributed by atoms with Gasteiger partial charge in [0.1, 0.15) is 11.4 Å². The average Bonchev–Trinajstić information content (AvgIpc) is 2.50. The van der Waals surface area contributed by atoms with E-state index in [1.807, 2.05) is 44.3 Å². The van der Waals surface area contributed by atoms with E-state index >= 15 is 0 Å². The van der Waals surface area contributed by atoms with E-state index in [-0.39, 0.29) is 11.8 Å². The summed E-state index contributed by atoms with van der Waals surface area (Å²) in [5, 5.41) is 5.83. The van der Waals surface area contributed by atoms with Gasteiger partial charge in [0.05, 0.1) is 6.20 Å². The van der Waals surface area contributed by atoms with E-state index in [0.29, 0.717) is 23.7 Å². The third-order valence-corrected chi connectivity index (χ3v) is 2.97. The number of pyridine rings is 1. The first kappa shape index (κ1) is 15.0. The van der Waals surface area contributed by atoms with E-state index in [0.717, 1.165) is 0 Å². The van der Waals surface area contributed by atoms with Crippen LogP contribution in [0.4, 0.5) is 5.69 Å². The fourth-order valence-corrected chi connectivity index (χ4v) is 1.83. The number of carbonyl (C=O) groups is 1. The van der Waals surface area contributed by atoms with Gasteiger partial charge in [-0.25, -0.2) is 0 Å². The van der Waals surface area contributed by atoms with Crippen LogP contribution in [0.15, 0.2) is 48.8 Å². The molecular weight excluding hydrogens is 266 g/mol. The molecule has 110 valence electrons. The number of rotatable bonds is 6. The fraction of sp³-hybridized carbons (Fsp3) is 0.250. The molecule has 1 amide bonds. The molecule has 5 nitrogen and oxygen atoms in total. The smallest absolute Gasteiger partial charge is 0.228 e. The maximum absolute atomic E-state index is 12.1. The maximum Gasteiger partial charge on any atom is 0.228 e. The first-order valence-electron chi connectivity index (χ1n) is 6.83. The molecule has 0 aliphatic rings. The number of hydrogen-bond acceptors (Lipinski definition) is 4. The van der Waals surface area contributed by atoms with Crippen LogP contribution in [-0.2, 0) is 4.79 Å². The third-order valence-electron chi connectivity index (χ3n) is 2.97. The Bertz CT molecular complexity index is 587. The van der Waals surface area contributed by atoms with Crippen LogP contribution < -0.4 is 15.4 Å². The van der Waals surface area contributed by atoms with E-state index in [9.17, 15) is 4.79 Å². The van der Waals surface area contributed by atoms with Gasteiger partial charge in [0.15, 0.2) is 5.75 Å². The zero-order valence-electron chi connectivity index (χ0n) is 12.2. The average molecular weight is 285 g/mol. The van der Waals surface area contributed by atoms with Crippen LogP contribution in [0.5, 0.6) is 11.5 Å². The molecule has 1 aromatic carbocycles. The number of hydrogen-bond donors (Lipinski definition) is 2. The minimum absolute atomic E-state index is 0.0738. The number of anilines is 1. The van der Waals surface area contributed by atoms with Gasteiger partial charge in [0.25, 0.3) is 0 Å². The summed E-state index contributed by atoms with van der Waals surface area (Å²) in [6, 6.07) is 11.1. The molecule has 1 unspecified atom stereocenters. The molecule has 21 heavy (non-hydrogen) atoms. The molecule has 2 N–H and O–H groups in total. The Hall–Kier alpha value is -2.40. The summed E-state index contributed by atoms with van der Waals surface area (Å²) in [7, 11) is 1.82. The zero-order valence-corrected chi connectivity index (χ0v) is 12.2. The Morgan fingerprint density at radius 1 is 1.29 bits per heavy atom. The molecule has 2 rings (SSSR count). The van der Waals surface area contributed by atoms with Gasteiger partial charge in [-0.15, -0.1) is 0 Å². The van der Waals surface area contributed by atoms with Crippen molar-refractivity contribution in [2.45, 2.75) is 6.92 Å². The van der Waals surface area contributed by atoms with Crippen molar-refractivity contribution in [2.75, 3.05) is 18.9 Å². The molecule has 0 fully saturated rings. The standard InChI is InChI=1S/C16H19N3O2/c1-12(10-17-2)16(20)19-14-11-18-9-8-15(14)21-13-6-4-3-5-7-13/h3-9,11-12,17H,10H2,1-2H3,(H,19,20). The lowest BCUT2D eigenvalue weighted by Crippen LogP contribution is -2.28. The van der Waals surface area contributed by atoms with Gasteiger partial charge >= 0.3 is 0 Å². The minimum Gasteiger partial charge on any atom is -0.455 e. The summed E-state index contributed by atoms with van der Waals surface area (Å²) < 4.78 is 5.78. The summed E-state index contributed by atoms with van der Waals surface area (Å²) in [6.45, 7) is 2.47. The lowest BCUT2D eigenvalue weighted by atomic mass is 10.1. The third kappa shape index (κ3) is 4.29. The first-order valence-corrected chi connectivity index (χ1v) is 6.83. The Morgan fingerprint density at radius 3 is 2.76 bits per heavy atom. The molecule has 1 aromatic heterocycles. The highest BCUT2D eigenvalue weighted by atomic mass is 16.5. The topological polar surface area (TPSA) is 63.2 Å². The quantitative estimate of drug-likeness (QED) is 0.856. The van der Waals surface area contributed by atoms with Crippen molar-refractivity contribution >= 4 is 11.6 Å². The van der Waals surface area contributed by atoms with Gasteiger partial charge in [-0.3, -0.25) is 9.78 Å². The van der Waals surface area contributed by atoms with Crippen LogP contribution in [0.2, 0.25) is 0 Å². The number of amides is 1. The molecule has 1 atom stereocenters. The van der Waals surface area contributed by atoms with E-state index in [1.54, 1.807) is 18.5 Å². The Morgan fingerprint density at radius 2 is 2.05 bits per heavy atom. The van der Waals surface area contributed by atoms with Crippen LogP contribution in [0.25, 0.3) is 0 Å². The second-order valence-electron chi connectivity index (χ2n) is 4.73. The zero-order chi connectivity index (χ0) is 15.1. The van der Waals surface area contributed by atoms with Crippen molar-refractivity contribution < 1.29 is 9.53 Å². The van der Waals surface area contributed by atoms with Crippen LogP contribution in [0.1, 0.15) is 6.92 Å². The van der Waals surface area contributed by atoms with Crippen molar-refractivity contribution in [2.24, 2.45) is 5.92 Å². The molecule has 0 aliphatic heterocycles. The van der Waals surface area contributed by atoms with E-state index in [4.69, 9.17) is 4.74 Å². The van der Waals surface area contributed by atoms with E-state index in [2.05, 4.69) is 15.6 Å². The highest BCUT2D eigenvalue weighted by Gasteiger charge is 2.14. The second-order valence-corrected chi connectivity index (χ2v) is 4.73. The van der Waals surface area contributed by atoms with Gasteiger partial charge in [-0.2, -0.15) is 0 Å². The van der Waals surface area contributed by atoms with Crippen molar-refractivity contribution in [3.05, 3.63) is 48.8 Å². The number of nitrogens with zero attached hydrogens (tertiary/aromatic N) is 1. The molecule has 0 saturated carbocycles. The van der Waals surface area contributed by atoms with Crippen LogP contribution in [0, 0.1) is 5.92 Å². The molecule has 1 heterocycles. The largest absolute Gasteiger partial charge is 0.455 e. The first-order chi connectivity index (χ1) is 10.2. The number of para-hydroxylation sites is 1. The minimum atomic E-state index is -0.139. The summed E-state index contributed by atoms with van der Waals surface area (Å²) in [4.78, 5) is 16.1. The summed E-state index contributed by atoms with van der Waals surface area (Å²) >= 11 is 0. The van der Waals surface area contributed by atoms with Gasteiger partial charge in [0.2, 0.25) is 5.91 Å². The molecule has 0 spiro atoms. The maximum atomic E-state index is 12.1. The summed E-state index contributed by atoms with van der Waals surface area (Å²) in [5.41, 5.74) is 0.564. The lowest BCUT2D eigenvalue weighted by molar-refractivity contribution is -0.119. The van der Waals surface area contributed by atoms with Crippen molar-refractivity contribution in [1.82, 2.24) is 10.3 Å². The second kappa shape index (κ2) is 7.40. The Balaban J connectivity index is 2.12. The van der Waals surface area contributed by atoms with Crippen LogP contribution >= 0.6 is 0 Å². The number of ether oxygens (including phenoxy) is 1. The lowest BCUT2D eigenvalue weighted by Gasteiger charge is -2.14. The highest BCUT2D eigenvalue weighted by molar-refractivity contribution is 5.93. The monoisotopic (exact) mass is 285 g/mol. The van der Waals surface area contributed by atoms with E-state index < -0.39 is 0 Å². The van der Waals surface area contributed by atoms with Gasteiger partial charge in [-0.05, 0) is 19.2 Å². The van der Waals surface area contributed by atoms with Gasteiger partial charge in [0, 0.05) is 24.7 Å². The summed E-state index contributed by atoms with van der Waals surface area (Å²) in [6.07, 6.45) is 3.22. The SMILES string of the molecule is CNCC(C)C(=O)Nc1cnccc1Oc1ccccc1. The molecular formula is C16H19N3O2. The number of nitrogens with one attached hydrogen (secondary N) is 2. The molecule has 2 aromatic rings. The normalized spacial score (nSPS) is 11.7. The van der Waals surface area contributed by atoms with Crippen molar-refractivity contribution in [3.63, 3.8) is 0 Å². The Labute approximate surface area is 124 Å². The molecule has 5 heteroatoms. The Kier molecular flexibility index (Phi) is 5.29. The highest BCUT2D eigenvalue weighted by Crippen LogP contribution is 2.28. The van der Waals surface area contributed by atoms with Crippen molar-refractivity contribution in [1.29, 1.82) is 0 Å². The molecule has 0 bridgehead atoms. The fourth-order valence-electron chi connectivity index (χ4n) is 1.83. The predicted octanol–water partition coefficient (Wildman–Crippen LogP) is 2.67. The van der Waals surface area contributed by atoms with Crippen LogP contribution in [-0.4, -0.2) is 24.5 Å². The van der Waals surface area contributed by atoms with Crippen molar-refractivity contribution in [3.8, 4) is 11.5 Å². The summed E-state index contributed by atoms with van der Waals surface area (Å²) in [5.74, 6) is 1.07. The molecule has 0 saturated heterocycles. The molecule has 0 radical (unpaired) electrons. The van der Waals surface area contributed by atoms with E-state index in [1.165, 1.54) is 0 Å². The van der Waals surface area contributed by atoms with Gasteiger partial charge < -0.3 is 15.4 Å². The predicted molar refractivity (Wildman–Crippen MR) is 82.5 cm³/mol. The number of carbonyl (C=O) groups excluding carboxylic acids is 1. The number of aromatic nitrogens is 1. The van der Waals surface area contributed by atoms with Gasteiger partial charge in [-0.1, -0.05) is 25.1 Å². The molecule has 0 aliphatic carbocycles. The van der Waals surface area contributed by atoms with Crippen LogP contribution in [0.3, 0.4) is 0 Å². The number of benzene rings is 1.